The van der Waals surface area contributed by atoms with Crippen LogP contribution in [-0.2, 0) is 0 Å². The summed E-state index contributed by atoms with van der Waals surface area (Å²) in [7, 11) is 0. The monoisotopic (exact) mass is 215 g/mol. The highest BCUT2D eigenvalue weighted by atomic mass is 14.9. The molecule has 1 fully saturated rings. The lowest BCUT2D eigenvalue weighted by molar-refractivity contribution is 0.580. The summed E-state index contributed by atoms with van der Waals surface area (Å²) in [5.41, 5.74) is 7.83. The number of nitrogen functional groups attached to an aromatic ring is 1. The predicted octanol–water partition coefficient (Wildman–Crippen LogP) is 2.74. The molecule has 0 atom stereocenters. The number of nitrogens with one attached hydrogen (secondary N) is 1. The van der Waals surface area contributed by atoms with Gasteiger partial charge in [-0.2, -0.15) is 5.26 Å². The summed E-state index contributed by atoms with van der Waals surface area (Å²) >= 11 is 0. The Morgan fingerprint density at radius 3 is 2.81 bits per heavy atom. The molecule has 1 aromatic carbocycles. The molecule has 0 saturated heterocycles. The fourth-order valence-corrected chi connectivity index (χ4v) is 2.28. The number of nitrogens with zero attached hydrogens (tertiary/aromatic N) is 1. The number of rotatable bonds is 3. The first-order valence-corrected chi connectivity index (χ1v) is 5.83. The van der Waals surface area contributed by atoms with Crippen LogP contribution in [0.5, 0.6) is 0 Å². The summed E-state index contributed by atoms with van der Waals surface area (Å²) in [6.45, 7) is 0.971. The molecule has 3 N–H and O–H groups in total. The molecule has 0 heterocycles. The number of benzene rings is 1. The third kappa shape index (κ3) is 2.46. The van der Waals surface area contributed by atoms with Crippen molar-refractivity contribution >= 4 is 11.4 Å². The number of hydrogen-bond acceptors (Lipinski definition) is 3. The third-order valence-corrected chi connectivity index (χ3v) is 3.22. The second kappa shape index (κ2) is 4.89. The molecule has 0 radical (unpaired) electrons. The van der Waals surface area contributed by atoms with Crippen LogP contribution in [0.2, 0.25) is 0 Å². The molecule has 0 aromatic heterocycles. The number of nitriles is 1. The van der Waals surface area contributed by atoms with Crippen molar-refractivity contribution in [2.24, 2.45) is 5.92 Å². The van der Waals surface area contributed by atoms with Gasteiger partial charge in [0.15, 0.2) is 0 Å². The van der Waals surface area contributed by atoms with Crippen LogP contribution in [0.3, 0.4) is 0 Å². The fourth-order valence-electron chi connectivity index (χ4n) is 2.28. The van der Waals surface area contributed by atoms with Gasteiger partial charge in [0.05, 0.1) is 11.3 Å². The Labute approximate surface area is 96.3 Å². The maximum absolute atomic E-state index is 8.99. The van der Waals surface area contributed by atoms with Crippen molar-refractivity contribution in [3.8, 4) is 6.07 Å². The van der Waals surface area contributed by atoms with Crippen molar-refractivity contribution in [1.82, 2.24) is 0 Å². The van der Waals surface area contributed by atoms with Crippen molar-refractivity contribution in [3.05, 3.63) is 23.8 Å². The van der Waals surface area contributed by atoms with E-state index in [9.17, 15) is 0 Å². The smallest absolute Gasteiger partial charge is 0.101 e. The van der Waals surface area contributed by atoms with Crippen LogP contribution in [0.4, 0.5) is 11.4 Å². The maximum Gasteiger partial charge on any atom is 0.101 e. The van der Waals surface area contributed by atoms with Gasteiger partial charge >= 0.3 is 0 Å². The van der Waals surface area contributed by atoms with Gasteiger partial charge in [-0.25, -0.2) is 0 Å². The largest absolute Gasteiger partial charge is 0.399 e. The van der Waals surface area contributed by atoms with E-state index in [2.05, 4.69) is 11.4 Å². The summed E-state index contributed by atoms with van der Waals surface area (Å²) < 4.78 is 0. The average molecular weight is 215 g/mol. The van der Waals surface area contributed by atoms with E-state index in [-0.39, 0.29) is 0 Å². The van der Waals surface area contributed by atoms with E-state index in [1.807, 2.05) is 12.1 Å². The third-order valence-electron chi connectivity index (χ3n) is 3.22. The Balaban J connectivity index is 2.00. The molecule has 84 valence electrons. The van der Waals surface area contributed by atoms with Crippen LogP contribution < -0.4 is 11.1 Å². The van der Waals surface area contributed by atoms with Crippen LogP contribution in [0.15, 0.2) is 18.2 Å². The zero-order valence-electron chi connectivity index (χ0n) is 9.37. The molecule has 3 heteroatoms. The molecule has 0 aliphatic heterocycles. The van der Waals surface area contributed by atoms with E-state index < -0.39 is 0 Å². The van der Waals surface area contributed by atoms with Crippen LogP contribution >= 0.6 is 0 Å². The molecule has 3 nitrogen and oxygen atoms in total. The highest BCUT2D eigenvalue weighted by Gasteiger charge is 2.14. The van der Waals surface area contributed by atoms with Crippen molar-refractivity contribution in [3.63, 3.8) is 0 Å². The number of nitrogens with two attached hydrogens (primary N) is 1. The predicted molar refractivity (Wildman–Crippen MR) is 66.0 cm³/mol. The second-order valence-electron chi connectivity index (χ2n) is 4.45. The minimum atomic E-state index is 0.637. The molecular weight excluding hydrogens is 198 g/mol. The van der Waals surface area contributed by atoms with E-state index in [0.717, 1.165) is 18.2 Å². The molecule has 0 unspecified atom stereocenters. The SMILES string of the molecule is N#Cc1cc(N)ccc1NCC1CCCC1. The van der Waals surface area contributed by atoms with E-state index in [1.165, 1.54) is 25.7 Å². The summed E-state index contributed by atoms with van der Waals surface area (Å²) in [5.74, 6) is 0.768. The van der Waals surface area contributed by atoms with Crippen molar-refractivity contribution in [2.75, 3.05) is 17.6 Å². The summed E-state index contributed by atoms with van der Waals surface area (Å²) in [6.07, 6.45) is 5.31. The first-order valence-electron chi connectivity index (χ1n) is 5.83. The second-order valence-corrected chi connectivity index (χ2v) is 4.45. The Hall–Kier alpha value is -1.69. The van der Waals surface area contributed by atoms with Gasteiger partial charge in [0.25, 0.3) is 0 Å². The highest BCUT2D eigenvalue weighted by Crippen LogP contribution is 2.26. The zero-order chi connectivity index (χ0) is 11.4. The molecule has 0 bridgehead atoms. The lowest BCUT2D eigenvalue weighted by Crippen LogP contribution is -2.11. The van der Waals surface area contributed by atoms with Crippen LogP contribution in [0, 0.1) is 17.2 Å². The molecular formula is C13H17N3. The minimum Gasteiger partial charge on any atom is -0.399 e. The first-order chi connectivity index (χ1) is 7.79. The highest BCUT2D eigenvalue weighted by molar-refractivity contribution is 5.62. The van der Waals surface area contributed by atoms with Crippen molar-refractivity contribution in [1.29, 1.82) is 5.26 Å². The van der Waals surface area contributed by atoms with Gasteiger partial charge in [-0.15, -0.1) is 0 Å². The van der Waals surface area contributed by atoms with Gasteiger partial charge < -0.3 is 11.1 Å². The zero-order valence-corrected chi connectivity index (χ0v) is 9.37. The van der Waals surface area contributed by atoms with Crippen molar-refractivity contribution < 1.29 is 0 Å². The van der Waals surface area contributed by atoms with E-state index in [4.69, 9.17) is 11.0 Å². The minimum absolute atomic E-state index is 0.637. The van der Waals surface area contributed by atoms with Crippen LogP contribution in [0.25, 0.3) is 0 Å². The van der Waals surface area contributed by atoms with Gasteiger partial charge in [0, 0.05) is 12.2 Å². The quantitative estimate of drug-likeness (QED) is 0.762. The number of anilines is 2. The van der Waals surface area contributed by atoms with E-state index in [1.54, 1.807) is 6.07 Å². The average Bonchev–Trinajstić information content (AvgIpc) is 2.80. The fraction of sp³-hybridized carbons (Fsp3) is 0.462. The first kappa shape index (κ1) is 10.8. The van der Waals surface area contributed by atoms with Gasteiger partial charge in [0.1, 0.15) is 6.07 Å². The normalized spacial score (nSPS) is 15.9. The van der Waals surface area contributed by atoms with Gasteiger partial charge in [-0.1, -0.05) is 12.8 Å². The van der Waals surface area contributed by atoms with Gasteiger partial charge in [-0.3, -0.25) is 0 Å². The lowest BCUT2D eigenvalue weighted by Gasteiger charge is -2.13. The molecule has 1 saturated carbocycles. The molecule has 0 spiro atoms. The molecule has 0 amide bonds. The van der Waals surface area contributed by atoms with Crippen LogP contribution in [-0.4, -0.2) is 6.54 Å². The Bertz CT molecular complexity index is 400. The molecule has 1 aliphatic rings. The maximum atomic E-state index is 8.99. The molecule has 16 heavy (non-hydrogen) atoms. The Morgan fingerprint density at radius 1 is 1.38 bits per heavy atom. The lowest BCUT2D eigenvalue weighted by atomic mass is 10.1. The van der Waals surface area contributed by atoms with Crippen molar-refractivity contribution in [2.45, 2.75) is 25.7 Å². The summed E-state index contributed by atoms with van der Waals surface area (Å²) in [5, 5.41) is 12.3. The van der Waals surface area contributed by atoms with Gasteiger partial charge in [0.2, 0.25) is 0 Å². The molecule has 1 aliphatic carbocycles. The standard InChI is InChI=1S/C13H17N3/c14-8-11-7-12(15)5-6-13(11)16-9-10-3-1-2-4-10/h5-7,10,16H,1-4,9,15H2. The van der Waals surface area contributed by atoms with Gasteiger partial charge in [-0.05, 0) is 37.0 Å². The Kier molecular flexibility index (Phi) is 3.31. The topological polar surface area (TPSA) is 61.8 Å². The van der Waals surface area contributed by atoms with E-state index in [0.29, 0.717) is 11.3 Å². The molecule has 1 aromatic rings. The summed E-state index contributed by atoms with van der Waals surface area (Å²) in [6, 6.07) is 7.61. The molecule has 2 rings (SSSR count). The Morgan fingerprint density at radius 2 is 2.12 bits per heavy atom. The van der Waals surface area contributed by atoms with Crippen LogP contribution in [0.1, 0.15) is 31.2 Å². The summed E-state index contributed by atoms with van der Waals surface area (Å²) in [4.78, 5) is 0. The number of hydrogen-bond donors (Lipinski definition) is 2. The van der Waals surface area contributed by atoms with E-state index >= 15 is 0 Å².